The van der Waals surface area contributed by atoms with Gasteiger partial charge in [0.15, 0.2) is 0 Å². The summed E-state index contributed by atoms with van der Waals surface area (Å²) in [6, 6.07) is 13.1. The molecule has 0 bridgehead atoms. The standard InChI is InChI=1S/C18H20Cl2N2O3S/c1-18(2,13-9-10-15(19)16(20)11-13)21-17(23)12-22(3)26(24,25)14-7-5-4-6-8-14/h4-11H,12H2,1-3H3,(H,21,23). The minimum absolute atomic E-state index is 0.138. The van der Waals surface area contributed by atoms with Gasteiger partial charge >= 0.3 is 0 Å². The van der Waals surface area contributed by atoms with Crippen LogP contribution < -0.4 is 5.32 Å². The average molecular weight is 415 g/mol. The van der Waals surface area contributed by atoms with Crippen LogP contribution in [0.4, 0.5) is 0 Å². The number of hydrogen-bond acceptors (Lipinski definition) is 3. The van der Waals surface area contributed by atoms with Crippen molar-refractivity contribution in [1.82, 2.24) is 9.62 Å². The Balaban J connectivity index is 2.11. The number of carbonyl (C=O) groups excluding carboxylic acids is 1. The minimum atomic E-state index is -3.73. The lowest BCUT2D eigenvalue weighted by molar-refractivity contribution is -0.122. The Hall–Kier alpha value is -1.60. The monoisotopic (exact) mass is 414 g/mol. The van der Waals surface area contributed by atoms with Crippen molar-refractivity contribution < 1.29 is 13.2 Å². The maximum Gasteiger partial charge on any atom is 0.243 e. The largest absolute Gasteiger partial charge is 0.346 e. The lowest BCUT2D eigenvalue weighted by Crippen LogP contribution is -2.46. The van der Waals surface area contributed by atoms with Crippen LogP contribution in [0.5, 0.6) is 0 Å². The molecule has 2 rings (SSSR count). The Bertz CT molecular complexity index is 900. The third kappa shape index (κ3) is 4.76. The van der Waals surface area contributed by atoms with E-state index in [1.54, 1.807) is 50.2 Å². The Morgan fingerprint density at radius 2 is 1.69 bits per heavy atom. The van der Waals surface area contributed by atoms with Gasteiger partial charge in [-0.25, -0.2) is 8.42 Å². The van der Waals surface area contributed by atoms with Gasteiger partial charge in [-0.05, 0) is 43.7 Å². The fraction of sp³-hybridized carbons (Fsp3) is 0.278. The summed E-state index contributed by atoms with van der Waals surface area (Å²) >= 11 is 12.0. The first-order valence-corrected chi connectivity index (χ1v) is 10.0. The molecule has 2 aromatic rings. The first-order chi connectivity index (χ1) is 12.0. The van der Waals surface area contributed by atoms with Gasteiger partial charge in [-0.2, -0.15) is 4.31 Å². The molecule has 0 saturated heterocycles. The maximum atomic E-state index is 12.5. The molecule has 0 aromatic heterocycles. The van der Waals surface area contributed by atoms with Gasteiger partial charge in [0.1, 0.15) is 0 Å². The average Bonchev–Trinajstić information content (AvgIpc) is 2.57. The molecule has 0 saturated carbocycles. The van der Waals surface area contributed by atoms with Gasteiger partial charge in [-0.3, -0.25) is 4.79 Å². The third-order valence-electron chi connectivity index (χ3n) is 3.91. The SMILES string of the molecule is CN(CC(=O)NC(C)(C)c1ccc(Cl)c(Cl)c1)S(=O)(=O)c1ccccc1. The lowest BCUT2D eigenvalue weighted by Gasteiger charge is -2.28. The second kappa shape index (κ2) is 7.96. The van der Waals surface area contributed by atoms with E-state index in [9.17, 15) is 13.2 Å². The number of benzene rings is 2. The summed E-state index contributed by atoms with van der Waals surface area (Å²) in [5.74, 6) is -0.428. The lowest BCUT2D eigenvalue weighted by atomic mass is 9.94. The number of amides is 1. The van der Waals surface area contributed by atoms with Crippen LogP contribution in [0.3, 0.4) is 0 Å². The van der Waals surface area contributed by atoms with Crippen LogP contribution in [0.25, 0.3) is 0 Å². The van der Waals surface area contributed by atoms with Crippen LogP contribution in [0.15, 0.2) is 53.4 Å². The van der Waals surface area contributed by atoms with Crippen molar-refractivity contribution >= 4 is 39.1 Å². The molecular formula is C18H20Cl2N2O3S. The summed E-state index contributed by atoms with van der Waals surface area (Å²) in [6.07, 6.45) is 0. The maximum absolute atomic E-state index is 12.5. The molecule has 0 radical (unpaired) electrons. The molecule has 140 valence electrons. The van der Waals surface area contributed by atoms with Crippen molar-refractivity contribution in [3.05, 3.63) is 64.1 Å². The van der Waals surface area contributed by atoms with E-state index in [0.717, 1.165) is 9.87 Å². The van der Waals surface area contributed by atoms with Crippen LogP contribution in [-0.2, 0) is 20.4 Å². The summed E-state index contributed by atoms with van der Waals surface area (Å²) in [4.78, 5) is 12.5. The summed E-state index contributed by atoms with van der Waals surface area (Å²) in [5.41, 5.74) is 0.0108. The molecule has 1 N–H and O–H groups in total. The van der Waals surface area contributed by atoms with Gasteiger partial charge in [0.25, 0.3) is 0 Å². The van der Waals surface area contributed by atoms with E-state index in [4.69, 9.17) is 23.2 Å². The van der Waals surface area contributed by atoms with E-state index >= 15 is 0 Å². The molecule has 0 aliphatic rings. The summed E-state index contributed by atoms with van der Waals surface area (Å²) < 4.78 is 26.0. The topological polar surface area (TPSA) is 66.5 Å². The Labute approximate surface area is 164 Å². The molecule has 0 spiro atoms. The summed E-state index contributed by atoms with van der Waals surface area (Å²) in [5, 5.41) is 3.63. The number of halogens is 2. The van der Waals surface area contributed by atoms with Crippen LogP contribution in [0.2, 0.25) is 10.0 Å². The van der Waals surface area contributed by atoms with Crippen molar-refractivity contribution in [2.45, 2.75) is 24.3 Å². The molecule has 0 heterocycles. The Morgan fingerprint density at radius 3 is 2.27 bits per heavy atom. The highest BCUT2D eigenvalue weighted by Crippen LogP contribution is 2.28. The quantitative estimate of drug-likeness (QED) is 0.783. The number of nitrogens with one attached hydrogen (secondary N) is 1. The van der Waals surface area contributed by atoms with Gasteiger partial charge in [0, 0.05) is 7.05 Å². The third-order valence-corrected chi connectivity index (χ3v) is 6.47. The van der Waals surface area contributed by atoms with Crippen molar-refractivity contribution in [3.63, 3.8) is 0 Å². The van der Waals surface area contributed by atoms with Crippen LogP contribution in [0.1, 0.15) is 19.4 Å². The van der Waals surface area contributed by atoms with Gasteiger partial charge in [0.05, 0.1) is 27.0 Å². The zero-order valence-electron chi connectivity index (χ0n) is 14.7. The highest BCUT2D eigenvalue weighted by atomic mass is 35.5. The first-order valence-electron chi connectivity index (χ1n) is 7.82. The Morgan fingerprint density at radius 1 is 1.08 bits per heavy atom. The molecule has 5 nitrogen and oxygen atoms in total. The normalized spacial score (nSPS) is 12.2. The second-order valence-electron chi connectivity index (χ2n) is 6.38. The molecule has 0 atom stereocenters. The van der Waals surface area contributed by atoms with Gasteiger partial charge in [-0.1, -0.05) is 47.5 Å². The van der Waals surface area contributed by atoms with Crippen LogP contribution in [0, 0.1) is 0 Å². The second-order valence-corrected chi connectivity index (χ2v) is 9.24. The zero-order valence-corrected chi connectivity index (χ0v) is 17.0. The number of carbonyl (C=O) groups is 1. The van der Waals surface area contributed by atoms with Gasteiger partial charge < -0.3 is 5.32 Å². The van der Waals surface area contributed by atoms with E-state index in [-0.39, 0.29) is 11.4 Å². The van der Waals surface area contributed by atoms with E-state index in [1.165, 1.54) is 19.2 Å². The summed E-state index contributed by atoms with van der Waals surface area (Å²) in [7, 11) is -2.36. The highest BCUT2D eigenvalue weighted by molar-refractivity contribution is 7.89. The summed E-state index contributed by atoms with van der Waals surface area (Å²) in [6.45, 7) is 3.30. The van der Waals surface area contributed by atoms with Gasteiger partial charge in [0.2, 0.25) is 15.9 Å². The van der Waals surface area contributed by atoms with E-state index in [2.05, 4.69) is 5.32 Å². The smallest absolute Gasteiger partial charge is 0.243 e. The number of likely N-dealkylation sites (N-methyl/N-ethyl adjacent to an activating group) is 1. The molecule has 0 aliphatic carbocycles. The predicted octanol–water partition coefficient (Wildman–Crippen LogP) is 3.67. The fourth-order valence-corrected chi connectivity index (χ4v) is 3.85. The molecule has 26 heavy (non-hydrogen) atoms. The molecule has 0 unspecified atom stereocenters. The van der Waals surface area contributed by atoms with E-state index in [0.29, 0.717) is 10.0 Å². The van der Waals surface area contributed by atoms with Crippen molar-refractivity contribution in [2.24, 2.45) is 0 Å². The molecule has 2 aromatic carbocycles. The molecular weight excluding hydrogens is 395 g/mol. The number of hydrogen-bond donors (Lipinski definition) is 1. The van der Waals surface area contributed by atoms with Crippen LogP contribution in [-0.4, -0.2) is 32.2 Å². The highest BCUT2D eigenvalue weighted by Gasteiger charge is 2.27. The van der Waals surface area contributed by atoms with E-state index < -0.39 is 21.5 Å². The van der Waals surface area contributed by atoms with Crippen LogP contribution >= 0.6 is 23.2 Å². The van der Waals surface area contributed by atoms with Crippen molar-refractivity contribution in [2.75, 3.05) is 13.6 Å². The first kappa shape index (κ1) is 20.7. The molecule has 1 amide bonds. The minimum Gasteiger partial charge on any atom is -0.346 e. The predicted molar refractivity (Wildman–Crippen MR) is 104 cm³/mol. The zero-order chi connectivity index (χ0) is 19.5. The fourth-order valence-electron chi connectivity index (χ4n) is 2.40. The number of nitrogens with zero attached hydrogens (tertiary/aromatic N) is 1. The van der Waals surface area contributed by atoms with Crippen molar-refractivity contribution in [1.29, 1.82) is 0 Å². The molecule has 0 aliphatic heterocycles. The number of sulfonamides is 1. The Kier molecular flexibility index (Phi) is 6.34. The van der Waals surface area contributed by atoms with Crippen molar-refractivity contribution in [3.8, 4) is 0 Å². The number of rotatable bonds is 6. The van der Waals surface area contributed by atoms with Gasteiger partial charge in [-0.15, -0.1) is 0 Å². The molecule has 8 heteroatoms. The van der Waals surface area contributed by atoms with E-state index in [1.807, 2.05) is 0 Å². The molecule has 0 fully saturated rings.